The summed E-state index contributed by atoms with van der Waals surface area (Å²) < 4.78 is 5.20. The Morgan fingerprint density at radius 3 is 2.76 bits per heavy atom. The Morgan fingerprint density at radius 1 is 1.24 bits per heavy atom. The van der Waals surface area contributed by atoms with Crippen LogP contribution in [0.2, 0.25) is 0 Å². The molecule has 1 fully saturated rings. The standard InChI is InChI=1S/C18H21N3O4/c22-16(19-14-8-4-3-7-13(14)18(23)24)11-15-20-17(25-21-15)10-9-12-5-1-2-6-12/h3-4,7-8,12H,1-2,5-6,9-11H2,(H,19,22)(H,23,24). The summed E-state index contributed by atoms with van der Waals surface area (Å²) in [4.78, 5) is 27.5. The lowest BCUT2D eigenvalue weighted by Gasteiger charge is -2.06. The average Bonchev–Trinajstić information content (AvgIpc) is 3.24. The van der Waals surface area contributed by atoms with Crippen LogP contribution in [-0.2, 0) is 17.6 Å². The van der Waals surface area contributed by atoms with Crippen molar-refractivity contribution in [2.24, 2.45) is 5.92 Å². The Bertz CT molecular complexity index is 750. The SMILES string of the molecule is O=C(Cc1noc(CCC2CCCC2)n1)Nc1ccccc1C(=O)O. The largest absolute Gasteiger partial charge is 0.478 e. The predicted molar refractivity (Wildman–Crippen MR) is 90.3 cm³/mol. The Morgan fingerprint density at radius 2 is 2.00 bits per heavy atom. The van der Waals surface area contributed by atoms with Gasteiger partial charge in [0, 0.05) is 6.42 Å². The fraction of sp³-hybridized carbons (Fsp3) is 0.444. The first kappa shape index (κ1) is 17.1. The van der Waals surface area contributed by atoms with Crippen LogP contribution < -0.4 is 5.32 Å². The maximum atomic E-state index is 12.1. The molecule has 1 aromatic heterocycles. The zero-order chi connectivity index (χ0) is 17.6. The van der Waals surface area contributed by atoms with Crippen molar-refractivity contribution in [2.75, 3.05) is 5.32 Å². The van der Waals surface area contributed by atoms with E-state index in [2.05, 4.69) is 15.5 Å². The van der Waals surface area contributed by atoms with Gasteiger partial charge in [0.25, 0.3) is 0 Å². The number of hydrogen-bond acceptors (Lipinski definition) is 5. The molecule has 1 aromatic carbocycles. The topological polar surface area (TPSA) is 105 Å². The molecule has 3 rings (SSSR count). The minimum absolute atomic E-state index is 0.0428. The van der Waals surface area contributed by atoms with Gasteiger partial charge in [0.2, 0.25) is 11.8 Å². The Labute approximate surface area is 145 Å². The van der Waals surface area contributed by atoms with E-state index in [9.17, 15) is 9.59 Å². The number of hydrogen-bond donors (Lipinski definition) is 2. The second-order valence-electron chi connectivity index (χ2n) is 6.37. The molecule has 2 N–H and O–H groups in total. The molecule has 1 saturated carbocycles. The lowest BCUT2D eigenvalue weighted by Crippen LogP contribution is -2.17. The minimum atomic E-state index is -1.09. The van der Waals surface area contributed by atoms with Crippen LogP contribution >= 0.6 is 0 Å². The quantitative estimate of drug-likeness (QED) is 0.800. The van der Waals surface area contributed by atoms with Crippen molar-refractivity contribution in [3.8, 4) is 0 Å². The van der Waals surface area contributed by atoms with Gasteiger partial charge in [-0.3, -0.25) is 4.79 Å². The van der Waals surface area contributed by atoms with Crippen molar-refractivity contribution in [3.63, 3.8) is 0 Å². The summed E-state index contributed by atoms with van der Waals surface area (Å²) in [5.41, 5.74) is 0.297. The molecule has 0 saturated heterocycles. The molecular weight excluding hydrogens is 322 g/mol. The van der Waals surface area contributed by atoms with Crippen LogP contribution in [0.1, 0.15) is 54.2 Å². The Balaban J connectivity index is 1.54. The number of carbonyl (C=O) groups is 2. The third-order valence-electron chi connectivity index (χ3n) is 4.50. The molecule has 0 aliphatic heterocycles. The summed E-state index contributed by atoms with van der Waals surface area (Å²) >= 11 is 0. The van der Waals surface area contributed by atoms with E-state index in [0.717, 1.165) is 18.8 Å². The highest BCUT2D eigenvalue weighted by atomic mass is 16.5. The van der Waals surface area contributed by atoms with Gasteiger partial charge in [-0.25, -0.2) is 4.79 Å². The normalized spacial score (nSPS) is 14.6. The summed E-state index contributed by atoms with van der Waals surface area (Å²) in [6.07, 6.45) is 6.87. The molecular formula is C18H21N3O4. The first-order chi connectivity index (χ1) is 12.1. The zero-order valence-corrected chi connectivity index (χ0v) is 13.9. The summed E-state index contributed by atoms with van der Waals surface area (Å²) in [5.74, 6) is 0.139. The third-order valence-corrected chi connectivity index (χ3v) is 4.50. The van der Waals surface area contributed by atoms with Gasteiger partial charge < -0.3 is 14.9 Å². The number of aryl methyl sites for hydroxylation is 1. The van der Waals surface area contributed by atoms with Gasteiger partial charge in [-0.2, -0.15) is 4.98 Å². The smallest absolute Gasteiger partial charge is 0.337 e. The van der Waals surface area contributed by atoms with Gasteiger partial charge in [0.1, 0.15) is 0 Å². The van der Waals surface area contributed by atoms with Crippen molar-refractivity contribution in [2.45, 2.75) is 44.9 Å². The maximum absolute atomic E-state index is 12.1. The summed E-state index contributed by atoms with van der Waals surface area (Å²) in [6, 6.07) is 6.25. The van der Waals surface area contributed by atoms with Crippen LogP contribution in [0.4, 0.5) is 5.69 Å². The number of carboxylic acid groups (broad SMARTS) is 1. The lowest BCUT2D eigenvalue weighted by atomic mass is 10.0. The number of aromatic nitrogens is 2. The van der Waals surface area contributed by atoms with Crippen molar-refractivity contribution in [3.05, 3.63) is 41.5 Å². The molecule has 1 aliphatic rings. The van der Waals surface area contributed by atoms with Crippen LogP contribution in [0.5, 0.6) is 0 Å². The molecule has 1 amide bonds. The molecule has 1 heterocycles. The van der Waals surface area contributed by atoms with E-state index in [0.29, 0.717) is 11.7 Å². The highest BCUT2D eigenvalue weighted by Gasteiger charge is 2.18. The summed E-state index contributed by atoms with van der Waals surface area (Å²) in [6.45, 7) is 0. The first-order valence-corrected chi connectivity index (χ1v) is 8.55. The van der Waals surface area contributed by atoms with Crippen LogP contribution in [0.25, 0.3) is 0 Å². The van der Waals surface area contributed by atoms with Crippen molar-refractivity contribution in [1.29, 1.82) is 0 Å². The number of nitrogens with zero attached hydrogens (tertiary/aromatic N) is 2. The van der Waals surface area contributed by atoms with Crippen LogP contribution in [0.15, 0.2) is 28.8 Å². The van der Waals surface area contributed by atoms with Gasteiger partial charge in [-0.05, 0) is 24.5 Å². The van der Waals surface area contributed by atoms with E-state index in [4.69, 9.17) is 9.63 Å². The minimum Gasteiger partial charge on any atom is -0.478 e. The number of rotatable bonds is 7. The van der Waals surface area contributed by atoms with Crippen LogP contribution in [0, 0.1) is 5.92 Å². The first-order valence-electron chi connectivity index (χ1n) is 8.55. The molecule has 7 nitrogen and oxygen atoms in total. The van der Waals surface area contributed by atoms with E-state index < -0.39 is 5.97 Å². The zero-order valence-electron chi connectivity index (χ0n) is 13.9. The molecule has 2 aromatic rings. The predicted octanol–water partition coefficient (Wildman–Crippen LogP) is 3.07. The Hall–Kier alpha value is -2.70. The fourth-order valence-corrected chi connectivity index (χ4v) is 3.21. The number of aromatic carboxylic acids is 1. The number of benzene rings is 1. The highest BCUT2D eigenvalue weighted by Crippen LogP contribution is 2.28. The average molecular weight is 343 g/mol. The number of anilines is 1. The number of carbonyl (C=O) groups excluding carboxylic acids is 1. The van der Waals surface area contributed by atoms with Crippen LogP contribution in [-0.4, -0.2) is 27.1 Å². The van der Waals surface area contributed by atoms with Crippen LogP contribution in [0.3, 0.4) is 0 Å². The van der Waals surface area contributed by atoms with Gasteiger partial charge in [-0.15, -0.1) is 0 Å². The molecule has 0 radical (unpaired) electrons. The second-order valence-corrected chi connectivity index (χ2v) is 6.37. The molecule has 0 bridgehead atoms. The number of carboxylic acids is 1. The monoisotopic (exact) mass is 343 g/mol. The van der Waals surface area contributed by atoms with Crippen molar-refractivity contribution >= 4 is 17.6 Å². The second kappa shape index (κ2) is 7.92. The van der Waals surface area contributed by atoms with Gasteiger partial charge in [0.05, 0.1) is 17.7 Å². The van der Waals surface area contributed by atoms with Gasteiger partial charge in [-0.1, -0.05) is 43.0 Å². The molecule has 0 unspecified atom stereocenters. The third kappa shape index (κ3) is 4.65. The number of para-hydroxylation sites is 1. The number of amides is 1. The molecule has 132 valence electrons. The highest BCUT2D eigenvalue weighted by molar-refractivity contribution is 6.00. The van der Waals surface area contributed by atoms with Gasteiger partial charge >= 0.3 is 5.97 Å². The molecule has 0 atom stereocenters. The summed E-state index contributed by atoms with van der Waals surface area (Å²) in [5, 5.41) is 15.6. The molecule has 1 aliphatic carbocycles. The van der Waals surface area contributed by atoms with E-state index in [1.165, 1.54) is 31.7 Å². The van der Waals surface area contributed by atoms with Crippen molar-refractivity contribution in [1.82, 2.24) is 10.1 Å². The van der Waals surface area contributed by atoms with Gasteiger partial charge in [0.15, 0.2) is 5.82 Å². The van der Waals surface area contributed by atoms with E-state index in [1.807, 2.05) is 0 Å². The molecule has 25 heavy (non-hydrogen) atoms. The number of nitrogens with one attached hydrogen (secondary N) is 1. The molecule has 7 heteroatoms. The van der Waals surface area contributed by atoms with E-state index in [1.54, 1.807) is 18.2 Å². The fourth-order valence-electron chi connectivity index (χ4n) is 3.21. The van der Waals surface area contributed by atoms with E-state index >= 15 is 0 Å². The molecule has 0 spiro atoms. The lowest BCUT2D eigenvalue weighted by molar-refractivity contribution is -0.115. The maximum Gasteiger partial charge on any atom is 0.337 e. The van der Waals surface area contributed by atoms with Crippen molar-refractivity contribution < 1.29 is 19.2 Å². The summed E-state index contributed by atoms with van der Waals surface area (Å²) in [7, 11) is 0. The Kier molecular flexibility index (Phi) is 5.42. The van der Waals surface area contributed by atoms with E-state index in [-0.39, 0.29) is 23.6 Å².